The quantitative estimate of drug-likeness (QED) is 0.539. The Hall–Kier alpha value is -1.94. The van der Waals surface area contributed by atoms with Gasteiger partial charge in [0.2, 0.25) is 0 Å². The third-order valence-corrected chi connectivity index (χ3v) is 2.41. The van der Waals surface area contributed by atoms with Crippen molar-refractivity contribution in [3.63, 3.8) is 0 Å². The monoisotopic (exact) mass is 262 g/mol. The zero-order valence-corrected chi connectivity index (χ0v) is 9.15. The molecule has 0 radical (unpaired) electrons. The Kier molecular flexibility index (Phi) is 3.81. The Labute approximate surface area is 95.6 Å². The molecule has 9 nitrogen and oxygen atoms in total. The van der Waals surface area contributed by atoms with Crippen molar-refractivity contribution in [1.82, 2.24) is 15.3 Å². The lowest BCUT2D eigenvalue weighted by molar-refractivity contribution is 0.0685. The minimum absolute atomic E-state index is 0.374. The number of aromatic amines is 1. The summed E-state index contributed by atoms with van der Waals surface area (Å²) in [5, 5.41) is 10.7. The number of imidazole rings is 1. The second-order valence-corrected chi connectivity index (χ2v) is 4.47. The summed E-state index contributed by atoms with van der Waals surface area (Å²) in [6.07, 6.45) is 1.02. The fourth-order valence-electron chi connectivity index (χ4n) is 1.00. The molecule has 0 aromatic carbocycles. The highest BCUT2D eigenvalue weighted by atomic mass is 32.2. The van der Waals surface area contributed by atoms with Gasteiger partial charge in [-0.1, -0.05) is 0 Å². The predicted molar refractivity (Wildman–Crippen MR) is 52.4 cm³/mol. The first kappa shape index (κ1) is 13.1. The van der Waals surface area contributed by atoms with Crippen LogP contribution in [-0.2, 0) is 10.1 Å². The summed E-state index contributed by atoms with van der Waals surface area (Å²) in [4.78, 5) is 27.7. The molecule has 1 aromatic heterocycles. The lowest BCUT2D eigenvalue weighted by Gasteiger charge is -2.07. The van der Waals surface area contributed by atoms with Crippen molar-refractivity contribution in [2.24, 2.45) is 0 Å². The maximum atomic E-state index is 11.4. The van der Waals surface area contributed by atoms with Crippen LogP contribution in [0.5, 0.6) is 0 Å². The molecule has 10 heteroatoms. The van der Waals surface area contributed by atoms with Crippen molar-refractivity contribution in [2.75, 3.05) is 12.3 Å². The van der Waals surface area contributed by atoms with Crippen LogP contribution in [0.1, 0.15) is 21.0 Å². The van der Waals surface area contributed by atoms with Crippen LogP contribution in [0.15, 0.2) is 6.33 Å². The minimum Gasteiger partial charge on any atom is -0.748 e. The van der Waals surface area contributed by atoms with Crippen LogP contribution in [0.2, 0.25) is 0 Å². The Morgan fingerprint density at radius 1 is 1.53 bits per heavy atom. The van der Waals surface area contributed by atoms with E-state index in [1.54, 1.807) is 0 Å². The number of carbonyl (C=O) groups excluding carboxylic acids is 1. The fourth-order valence-corrected chi connectivity index (χ4v) is 1.35. The van der Waals surface area contributed by atoms with Gasteiger partial charge < -0.3 is 20.0 Å². The number of aromatic carboxylic acids is 1. The van der Waals surface area contributed by atoms with E-state index in [9.17, 15) is 22.6 Å². The van der Waals surface area contributed by atoms with E-state index in [1.165, 1.54) is 0 Å². The Balaban J connectivity index is 2.65. The molecule has 0 bridgehead atoms. The number of nitrogens with one attached hydrogen (secondary N) is 2. The van der Waals surface area contributed by atoms with Gasteiger partial charge in [-0.3, -0.25) is 4.79 Å². The molecular formula is C7H8N3O6S-. The fraction of sp³-hybridized carbons (Fsp3) is 0.286. The molecule has 17 heavy (non-hydrogen) atoms. The smallest absolute Gasteiger partial charge is 0.354 e. The number of nitrogens with zero attached hydrogens (tertiary/aromatic N) is 1. The van der Waals surface area contributed by atoms with Gasteiger partial charge in [0.15, 0.2) is 11.4 Å². The average molecular weight is 262 g/mol. The van der Waals surface area contributed by atoms with Crippen molar-refractivity contribution in [3.8, 4) is 0 Å². The number of carboxylic acid groups (broad SMARTS) is 1. The van der Waals surface area contributed by atoms with Gasteiger partial charge >= 0.3 is 5.97 Å². The SMILES string of the molecule is O=C(NCCS(=O)(=O)[O-])c1nc[nH]c1C(=O)O. The standard InChI is InChI=1S/C7H9N3O6S/c11-6(8-1-2-17(14,15)16)4-5(7(12)13)10-3-9-4/h3H,1-2H2,(H,8,11)(H,9,10)(H,12,13)(H,14,15,16)/p-1. The lowest BCUT2D eigenvalue weighted by atomic mass is 10.3. The molecule has 0 saturated heterocycles. The highest BCUT2D eigenvalue weighted by Crippen LogP contribution is 2.02. The summed E-state index contributed by atoms with van der Waals surface area (Å²) >= 11 is 0. The number of amides is 1. The van der Waals surface area contributed by atoms with E-state index in [0.29, 0.717) is 0 Å². The predicted octanol–water partition coefficient (Wildman–Crippen LogP) is -1.62. The highest BCUT2D eigenvalue weighted by molar-refractivity contribution is 7.85. The van der Waals surface area contributed by atoms with Gasteiger partial charge in [-0.25, -0.2) is 18.2 Å². The van der Waals surface area contributed by atoms with Gasteiger partial charge in [0.25, 0.3) is 5.91 Å². The van der Waals surface area contributed by atoms with E-state index in [-0.39, 0.29) is 5.69 Å². The van der Waals surface area contributed by atoms with Crippen LogP contribution in [0, 0.1) is 0 Å². The Bertz CT molecular complexity index is 534. The first-order valence-electron chi connectivity index (χ1n) is 4.29. The maximum Gasteiger partial charge on any atom is 0.354 e. The van der Waals surface area contributed by atoms with Crippen molar-refractivity contribution in [3.05, 3.63) is 17.7 Å². The third-order valence-electron chi connectivity index (χ3n) is 1.71. The number of rotatable bonds is 5. The van der Waals surface area contributed by atoms with E-state index >= 15 is 0 Å². The van der Waals surface area contributed by atoms with E-state index in [2.05, 4.69) is 15.3 Å². The molecule has 1 rings (SSSR count). The molecule has 0 aliphatic heterocycles. The summed E-state index contributed by atoms with van der Waals surface area (Å²) in [6, 6.07) is 0. The van der Waals surface area contributed by atoms with E-state index in [0.717, 1.165) is 6.33 Å². The average Bonchev–Trinajstić information content (AvgIpc) is 2.63. The number of hydrogen-bond donors (Lipinski definition) is 3. The molecule has 0 fully saturated rings. The normalized spacial score (nSPS) is 11.1. The molecule has 0 atom stereocenters. The number of aromatic nitrogens is 2. The van der Waals surface area contributed by atoms with Crippen LogP contribution in [0.3, 0.4) is 0 Å². The topological polar surface area (TPSA) is 152 Å². The molecule has 0 aliphatic carbocycles. The first-order chi connectivity index (χ1) is 7.81. The number of H-pyrrole nitrogens is 1. The summed E-state index contributed by atoms with van der Waals surface area (Å²) < 4.78 is 30.8. The molecule has 1 amide bonds. The highest BCUT2D eigenvalue weighted by Gasteiger charge is 2.19. The van der Waals surface area contributed by atoms with E-state index < -0.39 is 40.0 Å². The van der Waals surface area contributed by atoms with Crippen molar-refractivity contribution in [2.45, 2.75) is 0 Å². The largest absolute Gasteiger partial charge is 0.748 e. The molecule has 0 unspecified atom stereocenters. The number of carboxylic acids is 1. The zero-order chi connectivity index (χ0) is 13.1. The van der Waals surface area contributed by atoms with Crippen LogP contribution < -0.4 is 5.32 Å². The van der Waals surface area contributed by atoms with Crippen LogP contribution in [0.4, 0.5) is 0 Å². The van der Waals surface area contributed by atoms with Gasteiger partial charge in [-0.15, -0.1) is 0 Å². The molecule has 1 heterocycles. The molecule has 0 saturated carbocycles. The first-order valence-corrected chi connectivity index (χ1v) is 5.87. The molecule has 94 valence electrons. The van der Waals surface area contributed by atoms with Crippen molar-refractivity contribution in [1.29, 1.82) is 0 Å². The molecular weight excluding hydrogens is 254 g/mol. The van der Waals surface area contributed by atoms with Gasteiger partial charge in [0.05, 0.1) is 22.2 Å². The van der Waals surface area contributed by atoms with Crippen molar-refractivity contribution < 1.29 is 27.7 Å². The van der Waals surface area contributed by atoms with Crippen molar-refractivity contribution >= 4 is 22.0 Å². The molecule has 1 aromatic rings. The summed E-state index contributed by atoms with van der Waals surface area (Å²) in [5.74, 6) is -3.01. The van der Waals surface area contributed by atoms with Gasteiger partial charge in [-0.05, 0) is 0 Å². The molecule has 0 aliphatic rings. The zero-order valence-electron chi connectivity index (χ0n) is 8.34. The van der Waals surface area contributed by atoms with Crippen LogP contribution >= 0.6 is 0 Å². The summed E-state index contributed by atoms with van der Waals surface area (Å²) in [6.45, 7) is -0.406. The summed E-state index contributed by atoms with van der Waals surface area (Å²) in [5.41, 5.74) is -0.784. The number of hydrogen-bond acceptors (Lipinski definition) is 6. The van der Waals surface area contributed by atoms with Gasteiger partial charge in [0, 0.05) is 6.54 Å². The van der Waals surface area contributed by atoms with E-state index in [1.807, 2.05) is 0 Å². The van der Waals surface area contributed by atoms with E-state index in [4.69, 9.17) is 5.11 Å². The maximum absolute atomic E-state index is 11.4. The second-order valence-electron chi connectivity index (χ2n) is 2.95. The molecule has 0 spiro atoms. The Morgan fingerprint density at radius 3 is 2.71 bits per heavy atom. The molecule has 3 N–H and O–H groups in total. The summed E-state index contributed by atoms with van der Waals surface area (Å²) in [7, 11) is -4.42. The van der Waals surface area contributed by atoms with Crippen LogP contribution in [0.25, 0.3) is 0 Å². The third kappa shape index (κ3) is 3.85. The van der Waals surface area contributed by atoms with Gasteiger partial charge in [0.1, 0.15) is 0 Å². The second kappa shape index (κ2) is 4.93. The van der Waals surface area contributed by atoms with Gasteiger partial charge in [-0.2, -0.15) is 0 Å². The van der Waals surface area contributed by atoms with Crippen LogP contribution in [-0.4, -0.2) is 52.2 Å². The minimum atomic E-state index is -4.42. The lowest BCUT2D eigenvalue weighted by Crippen LogP contribution is -2.30. The number of carbonyl (C=O) groups is 2. The Morgan fingerprint density at radius 2 is 2.18 bits per heavy atom.